The van der Waals surface area contributed by atoms with Crippen molar-refractivity contribution in [2.24, 2.45) is 0 Å². The SMILES string of the molecule is c1ccc(-c2ccc(-c3ccc(N(c4ccccc4)c4cccc(-c5cccc6c5c5ccccc5n6-c5cccc6oc7ccccc7c56)c4)cc3)cc2)cc1. The predicted molar refractivity (Wildman–Crippen MR) is 239 cm³/mol. The number of hydrogen-bond donors (Lipinski definition) is 0. The second-order valence-electron chi connectivity index (χ2n) is 14.5. The molecule has 11 rings (SSSR count). The average Bonchev–Trinajstić information content (AvgIpc) is 3.84. The second-order valence-corrected chi connectivity index (χ2v) is 14.5. The molecule has 0 amide bonds. The van der Waals surface area contributed by atoms with Gasteiger partial charge >= 0.3 is 0 Å². The number of anilines is 3. The second kappa shape index (κ2) is 13.6. The third kappa shape index (κ3) is 5.60. The summed E-state index contributed by atoms with van der Waals surface area (Å²) in [5, 5.41) is 4.68. The minimum Gasteiger partial charge on any atom is -0.456 e. The van der Waals surface area contributed by atoms with E-state index < -0.39 is 0 Å². The molecule has 0 aliphatic rings. The summed E-state index contributed by atoms with van der Waals surface area (Å²) in [4.78, 5) is 2.35. The van der Waals surface area contributed by atoms with E-state index in [1.165, 1.54) is 38.6 Å². The van der Waals surface area contributed by atoms with Gasteiger partial charge in [0.05, 0.1) is 22.1 Å². The van der Waals surface area contributed by atoms with E-state index in [0.717, 1.165) is 61.3 Å². The summed E-state index contributed by atoms with van der Waals surface area (Å²) in [7, 11) is 0. The third-order valence-electron chi connectivity index (χ3n) is 11.2. The van der Waals surface area contributed by atoms with Crippen molar-refractivity contribution < 1.29 is 4.42 Å². The van der Waals surface area contributed by atoms with Crippen molar-refractivity contribution in [3.05, 3.63) is 218 Å². The van der Waals surface area contributed by atoms with Crippen LogP contribution >= 0.6 is 0 Å². The Balaban J connectivity index is 1.03. The maximum Gasteiger partial charge on any atom is 0.137 e. The highest BCUT2D eigenvalue weighted by molar-refractivity contribution is 6.18. The molecule has 0 bridgehead atoms. The van der Waals surface area contributed by atoms with Crippen molar-refractivity contribution in [1.82, 2.24) is 4.57 Å². The lowest BCUT2D eigenvalue weighted by molar-refractivity contribution is 0.669. The van der Waals surface area contributed by atoms with Crippen molar-refractivity contribution >= 4 is 60.8 Å². The first kappa shape index (κ1) is 32.8. The van der Waals surface area contributed by atoms with Gasteiger partial charge in [-0.2, -0.15) is 0 Å². The lowest BCUT2D eigenvalue weighted by atomic mass is 9.98. The normalized spacial score (nSPS) is 11.5. The summed E-state index contributed by atoms with van der Waals surface area (Å²) < 4.78 is 8.76. The van der Waals surface area contributed by atoms with Crippen molar-refractivity contribution in [3.8, 4) is 39.1 Å². The summed E-state index contributed by atoms with van der Waals surface area (Å²) in [5.41, 5.74) is 15.7. The number of aromatic nitrogens is 1. The smallest absolute Gasteiger partial charge is 0.137 e. The van der Waals surface area contributed by atoms with Crippen LogP contribution in [0.1, 0.15) is 0 Å². The van der Waals surface area contributed by atoms with Gasteiger partial charge in [-0.1, -0.05) is 152 Å². The Morgan fingerprint density at radius 2 is 0.860 bits per heavy atom. The zero-order chi connectivity index (χ0) is 37.7. The molecule has 2 heterocycles. The van der Waals surface area contributed by atoms with E-state index in [0.29, 0.717) is 0 Å². The van der Waals surface area contributed by atoms with Gasteiger partial charge in [-0.05, 0) is 100 Å². The molecule has 0 fully saturated rings. The van der Waals surface area contributed by atoms with Gasteiger partial charge in [-0.3, -0.25) is 0 Å². The van der Waals surface area contributed by atoms with Gasteiger partial charge in [0.15, 0.2) is 0 Å². The van der Waals surface area contributed by atoms with E-state index in [-0.39, 0.29) is 0 Å². The maximum atomic E-state index is 6.35. The minimum absolute atomic E-state index is 0.887. The molecule has 2 aromatic heterocycles. The number of fused-ring (bicyclic) bond motifs is 6. The van der Waals surface area contributed by atoms with Crippen LogP contribution in [0.5, 0.6) is 0 Å². The third-order valence-corrected chi connectivity index (χ3v) is 11.2. The van der Waals surface area contributed by atoms with Crippen LogP contribution in [0.4, 0.5) is 17.1 Å². The largest absolute Gasteiger partial charge is 0.456 e. The highest BCUT2D eigenvalue weighted by atomic mass is 16.3. The van der Waals surface area contributed by atoms with Gasteiger partial charge in [0, 0.05) is 33.2 Å². The first-order valence-corrected chi connectivity index (χ1v) is 19.4. The van der Waals surface area contributed by atoms with Gasteiger partial charge in [-0.15, -0.1) is 0 Å². The molecule has 11 aromatic rings. The Morgan fingerprint density at radius 3 is 1.63 bits per heavy atom. The summed E-state index contributed by atoms with van der Waals surface area (Å²) in [6, 6.07) is 78.0. The zero-order valence-electron chi connectivity index (χ0n) is 31.1. The van der Waals surface area contributed by atoms with E-state index in [1.807, 2.05) is 12.1 Å². The van der Waals surface area contributed by atoms with E-state index in [1.54, 1.807) is 0 Å². The van der Waals surface area contributed by atoms with E-state index >= 15 is 0 Å². The molecule has 0 saturated carbocycles. The van der Waals surface area contributed by atoms with Crippen LogP contribution in [0.3, 0.4) is 0 Å². The van der Waals surface area contributed by atoms with Crippen molar-refractivity contribution in [2.75, 3.05) is 4.90 Å². The average molecular weight is 729 g/mol. The molecule has 57 heavy (non-hydrogen) atoms. The molecule has 0 radical (unpaired) electrons. The van der Waals surface area contributed by atoms with Gasteiger partial charge in [-0.25, -0.2) is 0 Å². The minimum atomic E-state index is 0.887. The van der Waals surface area contributed by atoms with Crippen LogP contribution in [0.25, 0.3) is 82.8 Å². The highest BCUT2D eigenvalue weighted by Crippen LogP contribution is 2.43. The molecular weight excluding hydrogens is 693 g/mol. The van der Waals surface area contributed by atoms with E-state index in [2.05, 4.69) is 216 Å². The lowest BCUT2D eigenvalue weighted by Crippen LogP contribution is -2.09. The Morgan fingerprint density at radius 1 is 0.333 bits per heavy atom. The number of benzene rings is 9. The van der Waals surface area contributed by atoms with Gasteiger partial charge < -0.3 is 13.9 Å². The molecule has 9 aromatic carbocycles. The number of rotatable bonds is 7. The quantitative estimate of drug-likeness (QED) is 0.163. The number of hydrogen-bond acceptors (Lipinski definition) is 2. The molecule has 0 N–H and O–H groups in total. The summed E-state index contributed by atoms with van der Waals surface area (Å²) in [5.74, 6) is 0. The van der Waals surface area contributed by atoms with E-state index in [9.17, 15) is 0 Å². The topological polar surface area (TPSA) is 21.3 Å². The number of para-hydroxylation sites is 3. The Labute approximate surface area is 330 Å². The fourth-order valence-corrected chi connectivity index (χ4v) is 8.59. The first-order valence-electron chi connectivity index (χ1n) is 19.4. The van der Waals surface area contributed by atoms with Crippen molar-refractivity contribution in [1.29, 1.82) is 0 Å². The Hall–Kier alpha value is -7.62. The standard InChI is InChI=1S/C54H36N2O/c1-3-14-37(15-4-1)38-28-30-39(31-29-38)40-32-34-43(35-33-40)55(42-17-5-2-6-18-42)44-19-11-16-41(36-44)45-22-12-24-49-53(45)46-20-7-9-23-48(46)56(49)50-25-13-27-52-54(50)47-21-8-10-26-51(47)57-52/h1-36H. The van der Waals surface area contributed by atoms with Gasteiger partial charge in [0.1, 0.15) is 11.2 Å². The lowest BCUT2D eigenvalue weighted by Gasteiger charge is -2.26. The van der Waals surface area contributed by atoms with Gasteiger partial charge in [0.2, 0.25) is 0 Å². The zero-order valence-corrected chi connectivity index (χ0v) is 31.1. The molecule has 3 heteroatoms. The molecule has 3 nitrogen and oxygen atoms in total. The first-order chi connectivity index (χ1) is 28.3. The Bertz CT molecular complexity index is 3210. The van der Waals surface area contributed by atoms with Crippen LogP contribution in [-0.4, -0.2) is 4.57 Å². The monoisotopic (exact) mass is 728 g/mol. The molecule has 0 saturated heterocycles. The molecule has 0 spiro atoms. The molecule has 0 aliphatic carbocycles. The summed E-state index contributed by atoms with van der Waals surface area (Å²) in [6.07, 6.45) is 0. The van der Waals surface area contributed by atoms with Crippen molar-refractivity contribution in [3.63, 3.8) is 0 Å². The van der Waals surface area contributed by atoms with Crippen LogP contribution in [0.15, 0.2) is 223 Å². The number of furan rings is 1. The van der Waals surface area contributed by atoms with Crippen LogP contribution < -0.4 is 4.90 Å². The highest BCUT2D eigenvalue weighted by Gasteiger charge is 2.20. The summed E-state index contributed by atoms with van der Waals surface area (Å²) in [6.45, 7) is 0. The van der Waals surface area contributed by atoms with E-state index in [4.69, 9.17) is 4.42 Å². The molecular formula is C54H36N2O. The maximum absolute atomic E-state index is 6.35. The van der Waals surface area contributed by atoms with Crippen LogP contribution in [0, 0.1) is 0 Å². The fraction of sp³-hybridized carbons (Fsp3) is 0. The fourth-order valence-electron chi connectivity index (χ4n) is 8.59. The Kier molecular flexibility index (Phi) is 7.82. The van der Waals surface area contributed by atoms with Crippen LogP contribution in [0.2, 0.25) is 0 Å². The molecule has 0 unspecified atom stereocenters. The summed E-state index contributed by atoms with van der Waals surface area (Å²) >= 11 is 0. The molecule has 0 aliphatic heterocycles. The number of nitrogens with zero attached hydrogens (tertiary/aromatic N) is 2. The van der Waals surface area contributed by atoms with Crippen LogP contribution in [-0.2, 0) is 0 Å². The van der Waals surface area contributed by atoms with Crippen molar-refractivity contribution in [2.45, 2.75) is 0 Å². The predicted octanol–water partition coefficient (Wildman–Crippen LogP) is 15.2. The molecule has 268 valence electrons. The molecule has 0 atom stereocenters. The van der Waals surface area contributed by atoms with Gasteiger partial charge in [0.25, 0.3) is 0 Å².